The zero-order chi connectivity index (χ0) is 15.6. The van der Waals surface area contributed by atoms with Gasteiger partial charge in [-0.1, -0.05) is 55.3 Å². The molecule has 0 amide bonds. The lowest BCUT2D eigenvalue weighted by Crippen LogP contribution is -1.98. The Bertz CT molecular complexity index is 517. The van der Waals surface area contributed by atoms with Gasteiger partial charge in [-0.05, 0) is 49.4 Å². The second kappa shape index (κ2) is 9.26. The summed E-state index contributed by atoms with van der Waals surface area (Å²) in [5.74, 6) is 0.883. The maximum atomic E-state index is 9.45. The fourth-order valence-electron chi connectivity index (χ4n) is 2.46. The van der Waals surface area contributed by atoms with Crippen LogP contribution in [0.25, 0.3) is 0 Å². The van der Waals surface area contributed by atoms with Crippen LogP contribution in [0, 0.1) is 0 Å². The molecule has 1 atom stereocenters. The third kappa shape index (κ3) is 5.90. The van der Waals surface area contributed by atoms with Gasteiger partial charge in [0, 0.05) is 0 Å². The highest BCUT2D eigenvalue weighted by molar-refractivity contribution is 5.28. The van der Waals surface area contributed by atoms with Gasteiger partial charge in [0.25, 0.3) is 0 Å². The van der Waals surface area contributed by atoms with E-state index in [0.29, 0.717) is 0 Å². The number of benzene rings is 2. The van der Waals surface area contributed by atoms with Gasteiger partial charge in [-0.15, -0.1) is 0 Å². The molecule has 1 unspecified atom stereocenters. The first-order chi connectivity index (χ1) is 10.8. The summed E-state index contributed by atoms with van der Waals surface area (Å²) >= 11 is 0. The molecule has 0 spiro atoms. The molecule has 2 aromatic rings. The molecule has 0 heterocycles. The molecule has 0 radical (unpaired) electrons. The van der Waals surface area contributed by atoms with Crippen molar-refractivity contribution in [2.75, 3.05) is 6.61 Å². The third-order valence-electron chi connectivity index (χ3n) is 3.83. The van der Waals surface area contributed by atoms with E-state index in [9.17, 15) is 5.11 Å². The second-order valence-corrected chi connectivity index (χ2v) is 5.74. The Morgan fingerprint density at radius 3 is 2.23 bits per heavy atom. The van der Waals surface area contributed by atoms with E-state index in [-0.39, 0.29) is 0 Å². The predicted molar refractivity (Wildman–Crippen MR) is 91.2 cm³/mol. The van der Waals surface area contributed by atoms with Gasteiger partial charge in [-0.25, -0.2) is 0 Å². The van der Waals surface area contributed by atoms with Crippen LogP contribution in [-0.4, -0.2) is 11.7 Å². The Morgan fingerprint density at radius 1 is 0.864 bits per heavy atom. The Hall–Kier alpha value is -1.80. The summed E-state index contributed by atoms with van der Waals surface area (Å²) in [5.41, 5.74) is 2.35. The Labute approximate surface area is 133 Å². The molecular formula is C20H26O2. The van der Waals surface area contributed by atoms with E-state index < -0.39 is 6.10 Å². The first-order valence-electron chi connectivity index (χ1n) is 8.20. The van der Waals surface area contributed by atoms with Crippen molar-refractivity contribution in [1.82, 2.24) is 0 Å². The summed E-state index contributed by atoms with van der Waals surface area (Å²) in [6, 6.07) is 18.3. The fourth-order valence-corrected chi connectivity index (χ4v) is 2.46. The molecule has 0 aliphatic carbocycles. The van der Waals surface area contributed by atoms with Crippen LogP contribution in [0.1, 0.15) is 49.8 Å². The highest BCUT2D eigenvalue weighted by Gasteiger charge is 2.00. The van der Waals surface area contributed by atoms with Crippen LogP contribution in [-0.2, 0) is 6.42 Å². The number of rotatable bonds is 9. The maximum Gasteiger partial charge on any atom is 0.119 e. The van der Waals surface area contributed by atoms with Crippen molar-refractivity contribution in [3.05, 3.63) is 65.7 Å². The molecule has 0 aliphatic rings. The number of aliphatic hydroxyl groups is 1. The van der Waals surface area contributed by atoms with Crippen LogP contribution in [0.5, 0.6) is 5.75 Å². The quantitative estimate of drug-likeness (QED) is 0.666. The maximum absolute atomic E-state index is 9.45. The summed E-state index contributed by atoms with van der Waals surface area (Å²) in [5, 5.41) is 9.45. The molecule has 0 saturated heterocycles. The van der Waals surface area contributed by atoms with Gasteiger partial charge in [-0.3, -0.25) is 0 Å². The average molecular weight is 298 g/mol. The minimum absolute atomic E-state index is 0.418. The van der Waals surface area contributed by atoms with E-state index in [1.54, 1.807) is 6.92 Å². The molecule has 2 nitrogen and oxygen atoms in total. The van der Waals surface area contributed by atoms with Crippen molar-refractivity contribution < 1.29 is 9.84 Å². The van der Waals surface area contributed by atoms with Gasteiger partial charge < -0.3 is 9.84 Å². The monoisotopic (exact) mass is 298 g/mol. The third-order valence-corrected chi connectivity index (χ3v) is 3.83. The van der Waals surface area contributed by atoms with Crippen molar-refractivity contribution in [2.45, 2.75) is 45.1 Å². The van der Waals surface area contributed by atoms with Crippen molar-refractivity contribution in [3.63, 3.8) is 0 Å². The van der Waals surface area contributed by atoms with E-state index in [4.69, 9.17) is 4.74 Å². The largest absolute Gasteiger partial charge is 0.494 e. The predicted octanol–water partition coefficient (Wildman–Crippen LogP) is 4.92. The fraction of sp³-hybridized carbons (Fsp3) is 0.400. The Kier molecular flexibility index (Phi) is 6.98. The standard InChI is InChI=1S/C20H26O2/c1-17(21)19-12-14-20(15-13-19)22-16-8-3-2-5-9-18-10-6-4-7-11-18/h4,6-7,10-15,17,21H,2-3,5,8-9,16H2,1H3. The van der Waals surface area contributed by atoms with Gasteiger partial charge in [0.15, 0.2) is 0 Å². The number of ether oxygens (including phenoxy) is 1. The molecule has 1 N–H and O–H groups in total. The lowest BCUT2D eigenvalue weighted by molar-refractivity contribution is 0.199. The second-order valence-electron chi connectivity index (χ2n) is 5.74. The molecule has 0 fully saturated rings. The number of hydrogen-bond acceptors (Lipinski definition) is 2. The zero-order valence-electron chi connectivity index (χ0n) is 13.4. The first kappa shape index (κ1) is 16.6. The number of aryl methyl sites for hydroxylation is 1. The minimum Gasteiger partial charge on any atom is -0.494 e. The van der Waals surface area contributed by atoms with Gasteiger partial charge in [0.1, 0.15) is 5.75 Å². The normalized spacial score (nSPS) is 12.1. The average Bonchev–Trinajstić information content (AvgIpc) is 2.55. The van der Waals surface area contributed by atoms with Crippen LogP contribution in [0.2, 0.25) is 0 Å². The Morgan fingerprint density at radius 2 is 1.55 bits per heavy atom. The molecule has 22 heavy (non-hydrogen) atoms. The first-order valence-corrected chi connectivity index (χ1v) is 8.20. The van der Waals surface area contributed by atoms with Gasteiger partial charge in [-0.2, -0.15) is 0 Å². The summed E-state index contributed by atoms with van der Waals surface area (Å²) < 4.78 is 5.72. The van der Waals surface area contributed by atoms with Gasteiger partial charge in [0.05, 0.1) is 12.7 Å². The zero-order valence-corrected chi connectivity index (χ0v) is 13.4. The van der Waals surface area contributed by atoms with Crippen molar-refractivity contribution in [1.29, 1.82) is 0 Å². The summed E-state index contributed by atoms with van der Waals surface area (Å²) in [6.45, 7) is 2.53. The Balaban J connectivity index is 1.54. The minimum atomic E-state index is -0.418. The van der Waals surface area contributed by atoms with E-state index in [1.165, 1.54) is 31.2 Å². The lowest BCUT2D eigenvalue weighted by atomic mass is 10.1. The summed E-state index contributed by atoms with van der Waals surface area (Å²) in [6.07, 6.45) is 5.54. The highest BCUT2D eigenvalue weighted by atomic mass is 16.5. The van der Waals surface area contributed by atoms with Crippen molar-refractivity contribution in [3.8, 4) is 5.75 Å². The number of hydrogen-bond donors (Lipinski definition) is 1. The van der Waals surface area contributed by atoms with Gasteiger partial charge in [0.2, 0.25) is 0 Å². The van der Waals surface area contributed by atoms with E-state index in [0.717, 1.165) is 24.3 Å². The SMILES string of the molecule is CC(O)c1ccc(OCCCCCCc2ccccc2)cc1. The molecule has 0 saturated carbocycles. The number of aliphatic hydroxyl groups excluding tert-OH is 1. The molecule has 2 aromatic carbocycles. The van der Waals surface area contributed by atoms with E-state index >= 15 is 0 Å². The van der Waals surface area contributed by atoms with Crippen LogP contribution < -0.4 is 4.74 Å². The summed E-state index contributed by atoms with van der Waals surface area (Å²) in [4.78, 5) is 0. The lowest BCUT2D eigenvalue weighted by Gasteiger charge is -2.08. The number of unbranched alkanes of at least 4 members (excludes halogenated alkanes) is 3. The van der Waals surface area contributed by atoms with Crippen LogP contribution in [0.4, 0.5) is 0 Å². The van der Waals surface area contributed by atoms with Crippen molar-refractivity contribution in [2.24, 2.45) is 0 Å². The van der Waals surface area contributed by atoms with Crippen molar-refractivity contribution >= 4 is 0 Å². The molecule has 2 rings (SSSR count). The van der Waals surface area contributed by atoms with Gasteiger partial charge >= 0.3 is 0 Å². The highest BCUT2D eigenvalue weighted by Crippen LogP contribution is 2.17. The molecule has 2 heteroatoms. The smallest absolute Gasteiger partial charge is 0.119 e. The van der Waals surface area contributed by atoms with Crippen LogP contribution in [0.3, 0.4) is 0 Å². The molecule has 0 aliphatic heterocycles. The van der Waals surface area contributed by atoms with Crippen LogP contribution >= 0.6 is 0 Å². The summed E-state index contributed by atoms with van der Waals surface area (Å²) in [7, 11) is 0. The van der Waals surface area contributed by atoms with Crippen LogP contribution in [0.15, 0.2) is 54.6 Å². The molecule has 0 aromatic heterocycles. The molecular weight excluding hydrogens is 272 g/mol. The molecule has 118 valence electrons. The molecule has 0 bridgehead atoms. The van der Waals surface area contributed by atoms with E-state index in [2.05, 4.69) is 30.3 Å². The topological polar surface area (TPSA) is 29.5 Å². The van der Waals surface area contributed by atoms with E-state index in [1.807, 2.05) is 24.3 Å².